The number of non-ortho nitro benzene ring substituents is 1. The molecule has 1 N–H and O–H groups in total. The highest BCUT2D eigenvalue weighted by Gasteiger charge is 2.19. The number of anilines is 1. The summed E-state index contributed by atoms with van der Waals surface area (Å²) in [6.07, 6.45) is 0.934. The molecule has 0 amide bonds. The minimum Gasteiger partial charge on any atom is -0.272 e. The second-order valence-electron chi connectivity index (χ2n) is 4.23. The molecule has 0 heterocycles. The van der Waals surface area contributed by atoms with E-state index in [4.69, 9.17) is 0 Å². The van der Waals surface area contributed by atoms with E-state index in [9.17, 15) is 29.0 Å². The molecule has 10 heteroatoms. The van der Waals surface area contributed by atoms with Crippen LogP contribution >= 0.6 is 0 Å². The van der Waals surface area contributed by atoms with Gasteiger partial charge in [0.05, 0.1) is 22.1 Å². The number of halogens is 2. The van der Waals surface area contributed by atoms with Crippen molar-refractivity contribution in [1.29, 1.82) is 0 Å². The highest BCUT2D eigenvalue weighted by molar-refractivity contribution is 5.81. The molecular formula is C13H8F2N4O4. The van der Waals surface area contributed by atoms with Crippen LogP contribution in [0.2, 0.25) is 0 Å². The fourth-order valence-electron chi connectivity index (χ4n) is 1.67. The molecule has 0 radical (unpaired) electrons. The molecule has 2 aromatic rings. The molecule has 23 heavy (non-hydrogen) atoms. The molecule has 0 spiro atoms. The average Bonchev–Trinajstić information content (AvgIpc) is 2.51. The van der Waals surface area contributed by atoms with Gasteiger partial charge in [0, 0.05) is 11.6 Å². The van der Waals surface area contributed by atoms with E-state index in [2.05, 4.69) is 10.5 Å². The van der Waals surface area contributed by atoms with Gasteiger partial charge in [-0.05, 0) is 12.1 Å². The number of nitro benzene ring substituents is 2. The number of nitrogens with one attached hydrogen (secondary N) is 1. The van der Waals surface area contributed by atoms with Crippen LogP contribution in [-0.4, -0.2) is 16.1 Å². The number of rotatable bonds is 5. The first-order valence-corrected chi connectivity index (χ1v) is 6.06. The summed E-state index contributed by atoms with van der Waals surface area (Å²) in [7, 11) is 0. The van der Waals surface area contributed by atoms with Gasteiger partial charge in [-0.15, -0.1) is 0 Å². The third-order valence-corrected chi connectivity index (χ3v) is 2.76. The SMILES string of the molecule is O=[N+]([O-])c1ccc(N/N=C/c2cccc(F)c2F)c([N+](=O)[O-])c1. The Balaban J connectivity index is 2.26. The number of hydrazone groups is 1. The summed E-state index contributed by atoms with van der Waals surface area (Å²) in [6, 6.07) is 6.37. The van der Waals surface area contributed by atoms with E-state index in [1.54, 1.807) is 0 Å². The summed E-state index contributed by atoms with van der Waals surface area (Å²) in [5.74, 6) is -2.17. The Bertz CT molecular complexity index is 811. The first kappa shape index (κ1) is 15.9. The molecule has 2 aromatic carbocycles. The van der Waals surface area contributed by atoms with Crippen LogP contribution in [0.15, 0.2) is 41.5 Å². The minimum absolute atomic E-state index is 0.131. The van der Waals surface area contributed by atoms with Gasteiger partial charge in [-0.3, -0.25) is 25.7 Å². The van der Waals surface area contributed by atoms with Gasteiger partial charge in [-0.2, -0.15) is 5.10 Å². The molecule has 8 nitrogen and oxygen atoms in total. The second kappa shape index (κ2) is 6.56. The van der Waals surface area contributed by atoms with Gasteiger partial charge in [0.15, 0.2) is 11.6 Å². The number of nitro groups is 2. The van der Waals surface area contributed by atoms with Gasteiger partial charge in [0.2, 0.25) is 0 Å². The lowest BCUT2D eigenvalue weighted by Crippen LogP contribution is -1.99. The largest absolute Gasteiger partial charge is 0.301 e. The Morgan fingerprint density at radius 2 is 1.83 bits per heavy atom. The Hall–Kier alpha value is -3.43. The van der Waals surface area contributed by atoms with Crippen LogP contribution in [0.25, 0.3) is 0 Å². The van der Waals surface area contributed by atoms with Crippen molar-refractivity contribution in [2.75, 3.05) is 5.43 Å². The first-order valence-electron chi connectivity index (χ1n) is 6.06. The first-order chi connectivity index (χ1) is 10.9. The van der Waals surface area contributed by atoms with Gasteiger partial charge in [0.25, 0.3) is 5.69 Å². The van der Waals surface area contributed by atoms with Crippen LogP contribution in [-0.2, 0) is 0 Å². The van der Waals surface area contributed by atoms with Crippen LogP contribution in [0.1, 0.15) is 5.56 Å². The van der Waals surface area contributed by atoms with Crippen LogP contribution < -0.4 is 5.43 Å². The highest BCUT2D eigenvalue weighted by atomic mass is 19.2. The molecule has 0 saturated carbocycles. The summed E-state index contributed by atoms with van der Waals surface area (Å²) >= 11 is 0. The fourth-order valence-corrected chi connectivity index (χ4v) is 1.67. The zero-order valence-electron chi connectivity index (χ0n) is 11.3. The van der Waals surface area contributed by atoms with E-state index in [1.165, 1.54) is 12.1 Å². The van der Waals surface area contributed by atoms with Crippen molar-refractivity contribution in [2.24, 2.45) is 5.10 Å². The van der Waals surface area contributed by atoms with Crippen molar-refractivity contribution >= 4 is 23.3 Å². The predicted octanol–water partition coefficient (Wildman–Crippen LogP) is 3.23. The fraction of sp³-hybridized carbons (Fsp3) is 0. The number of hydrogen-bond acceptors (Lipinski definition) is 6. The Kier molecular flexibility index (Phi) is 4.55. The molecule has 0 aliphatic heterocycles. The molecule has 0 atom stereocenters. The zero-order valence-corrected chi connectivity index (χ0v) is 11.3. The van der Waals surface area contributed by atoms with Crippen molar-refractivity contribution in [1.82, 2.24) is 0 Å². The highest BCUT2D eigenvalue weighted by Crippen LogP contribution is 2.28. The molecule has 0 aliphatic carbocycles. The van der Waals surface area contributed by atoms with E-state index in [0.29, 0.717) is 0 Å². The predicted molar refractivity (Wildman–Crippen MR) is 77.3 cm³/mol. The molecule has 0 unspecified atom stereocenters. The van der Waals surface area contributed by atoms with Crippen LogP contribution in [0.3, 0.4) is 0 Å². The molecular weight excluding hydrogens is 314 g/mol. The average molecular weight is 322 g/mol. The number of benzene rings is 2. The quantitative estimate of drug-likeness (QED) is 0.516. The van der Waals surface area contributed by atoms with E-state index in [1.807, 2.05) is 0 Å². The zero-order chi connectivity index (χ0) is 17.0. The standard InChI is InChI=1S/C13H8F2N4O4/c14-10-3-1-2-8(13(10)15)7-16-17-11-5-4-9(18(20)21)6-12(11)19(22)23/h1-7,17H/b16-7+. The molecule has 0 aromatic heterocycles. The van der Waals surface area contributed by atoms with Crippen LogP contribution in [0, 0.1) is 31.9 Å². The topological polar surface area (TPSA) is 111 Å². The molecule has 0 bridgehead atoms. The second-order valence-corrected chi connectivity index (χ2v) is 4.23. The van der Waals surface area contributed by atoms with E-state index in [-0.39, 0.29) is 11.3 Å². The molecule has 2 rings (SSSR count). The Morgan fingerprint density at radius 1 is 1.09 bits per heavy atom. The third-order valence-electron chi connectivity index (χ3n) is 2.76. The van der Waals surface area contributed by atoms with Gasteiger partial charge in [-0.1, -0.05) is 12.1 Å². The van der Waals surface area contributed by atoms with E-state index in [0.717, 1.165) is 30.5 Å². The summed E-state index contributed by atoms with van der Waals surface area (Å²) in [5, 5.41) is 25.1. The van der Waals surface area contributed by atoms with Crippen molar-refractivity contribution in [3.63, 3.8) is 0 Å². The third kappa shape index (κ3) is 3.61. The van der Waals surface area contributed by atoms with Crippen molar-refractivity contribution in [3.05, 3.63) is 73.8 Å². The van der Waals surface area contributed by atoms with Crippen molar-refractivity contribution in [2.45, 2.75) is 0 Å². The Morgan fingerprint density at radius 3 is 2.48 bits per heavy atom. The van der Waals surface area contributed by atoms with Gasteiger partial charge in [0.1, 0.15) is 5.69 Å². The molecule has 118 valence electrons. The van der Waals surface area contributed by atoms with E-state index < -0.39 is 32.9 Å². The normalized spacial score (nSPS) is 10.7. The Labute approximate surface area is 127 Å². The van der Waals surface area contributed by atoms with Crippen LogP contribution in [0.4, 0.5) is 25.8 Å². The maximum Gasteiger partial charge on any atom is 0.301 e. The number of nitrogens with zero attached hydrogens (tertiary/aromatic N) is 3. The minimum atomic E-state index is -1.11. The maximum absolute atomic E-state index is 13.4. The lowest BCUT2D eigenvalue weighted by molar-refractivity contribution is -0.393. The monoisotopic (exact) mass is 322 g/mol. The summed E-state index contributed by atoms with van der Waals surface area (Å²) < 4.78 is 26.4. The van der Waals surface area contributed by atoms with Gasteiger partial charge in [-0.25, -0.2) is 8.78 Å². The van der Waals surface area contributed by atoms with Crippen molar-refractivity contribution in [3.8, 4) is 0 Å². The van der Waals surface area contributed by atoms with Crippen molar-refractivity contribution < 1.29 is 18.6 Å². The maximum atomic E-state index is 13.4. The summed E-state index contributed by atoms with van der Waals surface area (Å²) in [5.41, 5.74) is 0.947. The van der Waals surface area contributed by atoms with Gasteiger partial charge < -0.3 is 0 Å². The lowest BCUT2D eigenvalue weighted by Gasteiger charge is -2.02. The number of hydrogen-bond donors (Lipinski definition) is 1. The summed E-state index contributed by atoms with van der Waals surface area (Å²) in [6.45, 7) is 0. The smallest absolute Gasteiger partial charge is 0.272 e. The molecule has 0 saturated heterocycles. The van der Waals surface area contributed by atoms with Crippen LogP contribution in [0.5, 0.6) is 0 Å². The molecule has 0 aliphatic rings. The summed E-state index contributed by atoms with van der Waals surface area (Å²) in [4.78, 5) is 19.9. The lowest BCUT2D eigenvalue weighted by atomic mass is 10.2. The molecule has 0 fully saturated rings. The van der Waals surface area contributed by atoms with Gasteiger partial charge >= 0.3 is 5.69 Å². The van der Waals surface area contributed by atoms with E-state index >= 15 is 0 Å².